The summed E-state index contributed by atoms with van der Waals surface area (Å²) in [5.74, 6) is 0.969. The fourth-order valence-electron chi connectivity index (χ4n) is 6.22. The van der Waals surface area contributed by atoms with Crippen molar-refractivity contribution in [1.29, 1.82) is 0 Å². The number of amides is 1. The van der Waals surface area contributed by atoms with Gasteiger partial charge in [-0.2, -0.15) is 0 Å². The van der Waals surface area contributed by atoms with Crippen LogP contribution in [0.1, 0.15) is 74.3 Å². The Labute approximate surface area is 271 Å². The predicted octanol–water partition coefficient (Wildman–Crippen LogP) is 5.51. The van der Waals surface area contributed by atoms with Crippen LogP contribution in [0.2, 0.25) is 0 Å². The van der Waals surface area contributed by atoms with Crippen molar-refractivity contribution >= 4 is 27.7 Å². The molecule has 0 bridgehead atoms. The van der Waals surface area contributed by atoms with Crippen molar-refractivity contribution in [2.24, 2.45) is 4.99 Å². The van der Waals surface area contributed by atoms with Gasteiger partial charge in [-0.3, -0.25) is 14.7 Å². The third-order valence-electron chi connectivity index (χ3n) is 8.91. The first-order valence-corrected chi connectivity index (χ1v) is 17.4. The quantitative estimate of drug-likeness (QED) is 0.168. The van der Waals surface area contributed by atoms with Gasteiger partial charge >= 0.3 is 0 Å². The van der Waals surface area contributed by atoms with Crippen molar-refractivity contribution in [3.8, 4) is 11.1 Å². The smallest absolute Gasteiger partial charge is 0.269 e. The number of aromatic nitrogens is 1. The maximum Gasteiger partial charge on any atom is 0.269 e. The highest BCUT2D eigenvalue weighted by Gasteiger charge is 2.49. The van der Waals surface area contributed by atoms with Crippen LogP contribution in [0.4, 0.5) is 5.88 Å². The molecule has 0 saturated heterocycles. The second kappa shape index (κ2) is 14.5. The van der Waals surface area contributed by atoms with Crippen molar-refractivity contribution in [1.82, 2.24) is 10.1 Å². The zero-order valence-electron chi connectivity index (χ0n) is 27.1. The Kier molecular flexibility index (Phi) is 10.6. The summed E-state index contributed by atoms with van der Waals surface area (Å²) in [4.78, 5) is 20.5. The summed E-state index contributed by atoms with van der Waals surface area (Å²) in [6.45, 7) is 5.78. The number of hydrogen-bond donors (Lipinski definition) is 1. The molecule has 1 spiro atoms. The van der Waals surface area contributed by atoms with Crippen LogP contribution in [0.3, 0.4) is 0 Å². The fourth-order valence-corrected chi connectivity index (χ4v) is 7.76. The van der Waals surface area contributed by atoms with E-state index in [4.69, 9.17) is 19.0 Å². The molecule has 2 aromatic carbocycles. The molecule has 2 heterocycles. The van der Waals surface area contributed by atoms with Crippen LogP contribution in [-0.4, -0.2) is 67.9 Å². The van der Waals surface area contributed by atoms with E-state index < -0.39 is 15.6 Å². The lowest BCUT2D eigenvalue weighted by Crippen LogP contribution is -2.40. The first-order chi connectivity index (χ1) is 22.2. The van der Waals surface area contributed by atoms with Crippen molar-refractivity contribution in [3.05, 3.63) is 64.8 Å². The van der Waals surface area contributed by atoms with Gasteiger partial charge in [0.2, 0.25) is 5.88 Å². The number of carbonyl (C=O) groups excluding carboxylic acids is 1. The van der Waals surface area contributed by atoms with Crippen molar-refractivity contribution in [3.63, 3.8) is 0 Å². The number of carbonyl (C=O) groups is 1. The predicted molar refractivity (Wildman–Crippen MR) is 175 cm³/mol. The molecule has 248 valence electrons. The number of aliphatic hydroxyl groups is 1. The number of aliphatic imine (C=N–C) groups is 1. The third kappa shape index (κ3) is 6.62. The number of aliphatic hydroxyl groups excluding tert-OH is 1. The molecule has 5 rings (SSSR count). The van der Waals surface area contributed by atoms with Crippen LogP contribution in [-0.2, 0) is 37.4 Å². The topological polar surface area (TPSA) is 135 Å². The molecule has 1 aliphatic heterocycles. The highest BCUT2D eigenvalue weighted by atomic mass is 32.2. The van der Waals surface area contributed by atoms with E-state index >= 15 is 0 Å². The summed E-state index contributed by atoms with van der Waals surface area (Å²) < 4.78 is 45.9. The van der Waals surface area contributed by atoms with Crippen molar-refractivity contribution in [2.45, 2.75) is 89.3 Å². The first-order valence-electron chi connectivity index (χ1n) is 15.9. The molecule has 0 unspecified atom stereocenters. The Morgan fingerprint density at radius 1 is 1.09 bits per heavy atom. The van der Waals surface area contributed by atoms with E-state index in [0.717, 1.165) is 60.7 Å². The van der Waals surface area contributed by atoms with Gasteiger partial charge in [0.25, 0.3) is 15.9 Å². The van der Waals surface area contributed by atoms with Crippen LogP contribution < -0.4 is 4.31 Å². The molecule has 46 heavy (non-hydrogen) atoms. The number of hydrogen-bond acceptors (Lipinski definition) is 9. The first kappa shape index (κ1) is 33.8. The van der Waals surface area contributed by atoms with E-state index in [1.807, 2.05) is 23.1 Å². The van der Waals surface area contributed by atoms with E-state index in [0.29, 0.717) is 41.1 Å². The number of anilines is 1. The maximum atomic E-state index is 14.3. The fraction of sp³-hybridized carbons (Fsp3) is 0.500. The molecule has 11 nitrogen and oxygen atoms in total. The van der Waals surface area contributed by atoms with E-state index in [-0.39, 0.29) is 36.6 Å². The highest BCUT2D eigenvalue weighted by molar-refractivity contribution is 7.93. The van der Waals surface area contributed by atoms with Crippen LogP contribution in [0.15, 0.2) is 56.9 Å². The minimum atomic E-state index is -4.24. The second-order valence-corrected chi connectivity index (χ2v) is 13.8. The molecule has 1 amide bonds. The molecule has 3 aromatic rings. The number of methoxy groups -OCH3 is 1. The summed E-state index contributed by atoms with van der Waals surface area (Å²) in [5, 5.41) is 14.5. The number of sulfonamides is 1. The average Bonchev–Trinajstić information content (AvgIpc) is 3.74. The lowest BCUT2D eigenvalue weighted by molar-refractivity contribution is -0.131. The van der Waals surface area contributed by atoms with Crippen molar-refractivity contribution in [2.75, 3.05) is 31.4 Å². The lowest BCUT2D eigenvalue weighted by atomic mass is 9.96. The summed E-state index contributed by atoms with van der Waals surface area (Å²) >= 11 is 0. The highest BCUT2D eigenvalue weighted by Crippen LogP contribution is 2.41. The second-order valence-electron chi connectivity index (χ2n) is 12.0. The minimum absolute atomic E-state index is 0.0214. The van der Waals surface area contributed by atoms with Crippen LogP contribution in [0.5, 0.6) is 0 Å². The van der Waals surface area contributed by atoms with Gasteiger partial charge < -0.3 is 19.1 Å². The van der Waals surface area contributed by atoms with Gasteiger partial charge in [-0.1, -0.05) is 67.7 Å². The van der Waals surface area contributed by atoms with Gasteiger partial charge in [0.05, 0.1) is 37.0 Å². The summed E-state index contributed by atoms with van der Waals surface area (Å²) in [6.07, 6.45) is 6.27. The molecule has 1 aromatic heterocycles. The van der Waals surface area contributed by atoms with Gasteiger partial charge in [-0.15, -0.1) is 0 Å². The molecule has 2 aliphatic rings. The Morgan fingerprint density at radius 2 is 1.85 bits per heavy atom. The monoisotopic (exact) mass is 652 g/mol. The maximum absolute atomic E-state index is 14.3. The number of amidine groups is 1. The number of rotatable bonds is 15. The zero-order valence-corrected chi connectivity index (χ0v) is 27.9. The van der Waals surface area contributed by atoms with Gasteiger partial charge in [0.15, 0.2) is 0 Å². The molecule has 1 fully saturated rings. The van der Waals surface area contributed by atoms with Gasteiger partial charge in [-0.05, 0) is 55.9 Å². The molecular formula is C34H44N4O7S. The lowest BCUT2D eigenvalue weighted by Gasteiger charge is -2.24. The SMILES string of the molecule is CCCCC1=NC2(CCCC2)C(=O)N1Cc1ccc(-c2ccccc2S(=O)(=O)N(COCCOC)c2onc(C)c2C)c(CO)c1. The Morgan fingerprint density at radius 3 is 2.52 bits per heavy atom. The standard InChI is InChI=1S/C34H44N4O7S/c1-5-6-13-31-35-34(16-9-10-17-34)33(40)37(31)21-26-14-15-28(27(20-26)22-39)29-11-7-8-12-30(29)46(41,42)38(23-44-19-18-43-4)32-24(2)25(3)36-45-32/h7-8,11-12,14-15,20,39H,5-6,9-10,13,16-19,21-23H2,1-4H3. The number of unbranched alkanes of at least 4 members (excludes halogenated alkanes) is 1. The molecule has 1 N–H and O–H groups in total. The normalized spacial score (nSPS) is 16.1. The molecule has 0 atom stereocenters. The molecular weight excluding hydrogens is 608 g/mol. The van der Waals surface area contributed by atoms with Crippen LogP contribution in [0, 0.1) is 13.8 Å². The van der Waals surface area contributed by atoms with Crippen LogP contribution >= 0.6 is 0 Å². The van der Waals surface area contributed by atoms with Gasteiger partial charge in [0, 0.05) is 24.7 Å². The Balaban J connectivity index is 1.48. The molecule has 12 heteroatoms. The summed E-state index contributed by atoms with van der Waals surface area (Å²) in [6, 6.07) is 12.2. The number of ether oxygens (including phenoxy) is 2. The number of benzene rings is 2. The Bertz CT molecular complexity index is 1680. The number of aryl methyl sites for hydroxylation is 1. The number of nitrogens with zero attached hydrogens (tertiary/aromatic N) is 4. The van der Waals surface area contributed by atoms with E-state index in [1.54, 1.807) is 32.0 Å². The average molecular weight is 653 g/mol. The zero-order chi connectivity index (χ0) is 32.9. The van der Waals surface area contributed by atoms with Gasteiger partial charge in [-0.25, -0.2) is 12.7 Å². The van der Waals surface area contributed by atoms with E-state index in [9.17, 15) is 18.3 Å². The molecule has 0 radical (unpaired) electrons. The third-order valence-corrected chi connectivity index (χ3v) is 10.7. The van der Waals surface area contributed by atoms with Gasteiger partial charge in [0.1, 0.15) is 18.1 Å². The summed E-state index contributed by atoms with van der Waals surface area (Å²) in [5.41, 5.74) is 2.88. The van der Waals surface area contributed by atoms with E-state index in [2.05, 4.69) is 12.1 Å². The molecule has 1 saturated carbocycles. The van der Waals surface area contributed by atoms with Crippen molar-refractivity contribution < 1.29 is 32.3 Å². The Hall–Kier alpha value is -3.58. The van der Waals surface area contributed by atoms with Crippen LogP contribution in [0.25, 0.3) is 11.1 Å². The largest absolute Gasteiger partial charge is 0.392 e. The van der Waals surface area contributed by atoms with E-state index in [1.165, 1.54) is 13.2 Å². The minimum Gasteiger partial charge on any atom is -0.392 e. The molecule has 1 aliphatic carbocycles. The summed E-state index contributed by atoms with van der Waals surface area (Å²) in [7, 11) is -2.70.